The highest BCUT2D eigenvalue weighted by atomic mass is 79.9. The van der Waals surface area contributed by atoms with Gasteiger partial charge in [0.1, 0.15) is 11.6 Å². The number of nitrogens with two attached hydrogens (primary N) is 1. The molecule has 0 amide bonds. The number of nitrogens with zero attached hydrogens (tertiary/aromatic N) is 3. The fourth-order valence-electron chi connectivity index (χ4n) is 3.29. The Morgan fingerprint density at radius 3 is 2.90 bits per heavy atom. The van der Waals surface area contributed by atoms with Gasteiger partial charge in [-0.2, -0.15) is 5.10 Å². The first-order valence-electron chi connectivity index (χ1n) is 9.68. The molecule has 0 saturated carbocycles. The Morgan fingerprint density at radius 2 is 2.07 bits per heavy atom. The van der Waals surface area contributed by atoms with Gasteiger partial charge < -0.3 is 15.8 Å². The topological polar surface area (TPSA) is 102 Å². The minimum atomic E-state index is -0.306. The van der Waals surface area contributed by atoms with Gasteiger partial charge >= 0.3 is 0 Å². The smallest absolute Gasteiger partial charge is 0.133 e. The van der Waals surface area contributed by atoms with E-state index in [1.165, 1.54) is 12.1 Å². The molecule has 156 valence electrons. The molecule has 30 heavy (non-hydrogen) atoms. The highest BCUT2D eigenvalue weighted by molar-refractivity contribution is 9.10. The van der Waals surface area contributed by atoms with E-state index in [2.05, 4.69) is 41.4 Å². The molecular weight excluding hydrogens is 451 g/mol. The Bertz CT molecular complexity index is 1100. The van der Waals surface area contributed by atoms with Gasteiger partial charge in [-0.05, 0) is 53.0 Å². The molecule has 0 spiro atoms. The molecule has 1 unspecified atom stereocenters. The summed E-state index contributed by atoms with van der Waals surface area (Å²) in [6, 6.07) is 6.65. The standard InChI is InChI=1S/C21H22BrFN6O/c22-20-19(11-25-17-2-1-5-30-12-17)27-9-15(10-28-29-21(20)24)14-6-13-7-16(23)3-4-18(13)26-8-14/h3-4,6-10,17,25,29H,1-2,5,11-12,24H2. The fraction of sp³-hybridized carbons (Fsp3) is 0.286. The number of hydrogen-bond donors (Lipinski definition) is 3. The fourth-order valence-corrected chi connectivity index (χ4v) is 3.62. The molecule has 4 rings (SSSR count). The van der Waals surface area contributed by atoms with Crippen LogP contribution in [0.25, 0.3) is 22.0 Å². The second-order valence-electron chi connectivity index (χ2n) is 7.11. The molecule has 0 bridgehead atoms. The van der Waals surface area contributed by atoms with Crippen LogP contribution in [0.4, 0.5) is 10.2 Å². The lowest BCUT2D eigenvalue weighted by atomic mass is 10.1. The van der Waals surface area contributed by atoms with Crippen LogP contribution < -0.4 is 11.1 Å². The molecular formula is C21H22BrFN6O. The molecule has 3 heterocycles. The SMILES string of the molecule is Nc1[nH]ncc(-c2cnc3ccc(F)cc3c2)cnc(CNC2CCCOC2)c1Br. The number of halogens is 2. The molecule has 1 aliphatic rings. The number of rotatable bonds is 4. The van der Waals surface area contributed by atoms with Crippen molar-refractivity contribution in [3.63, 3.8) is 0 Å². The van der Waals surface area contributed by atoms with E-state index in [1.807, 2.05) is 6.07 Å². The zero-order valence-electron chi connectivity index (χ0n) is 16.2. The van der Waals surface area contributed by atoms with E-state index >= 15 is 0 Å². The van der Waals surface area contributed by atoms with Gasteiger partial charge in [0.15, 0.2) is 0 Å². The third kappa shape index (κ3) is 4.92. The van der Waals surface area contributed by atoms with E-state index in [4.69, 9.17) is 10.5 Å². The van der Waals surface area contributed by atoms with Crippen LogP contribution in [0.1, 0.15) is 18.5 Å². The Kier molecular flexibility index (Phi) is 6.51. The monoisotopic (exact) mass is 472 g/mol. The second-order valence-corrected chi connectivity index (χ2v) is 7.91. The number of ether oxygens (including phenoxy) is 1. The van der Waals surface area contributed by atoms with Crippen LogP contribution in [0.3, 0.4) is 0 Å². The van der Waals surface area contributed by atoms with Crippen molar-refractivity contribution in [2.75, 3.05) is 18.9 Å². The maximum atomic E-state index is 13.6. The van der Waals surface area contributed by atoms with E-state index in [-0.39, 0.29) is 11.9 Å². The molecule has 1 atom stereocenters. The van der Waals surface area contributed by atoms with Crippen molar-refractivity contribution in [1.82, 2.24) is 25.5 Å². The van der Waals surface area contributed by atoms with Crippen molar-refractivity contribution >= 4 is 32.7 Å². The molecule has 1 aliphatic heterocycles. The van der Waals surface area contributed by atoms with Gasteiger partial charge in [0, 0.05) is 48.1 Å². The first-order chi connectivity index (χ1) is 14.6. The molecule has 4 N–H and O–H groups in total. The summed E-state index contributed by atoms with van der Waals surface area (Å²) in [4.78, 5) is 9.06. The largest absolute Gasteiger partial charge is 0.383 e. The summed E-state index contributed by atoms with van der Waals surface area (Å²) < 4.78 is 19.8. The van der Waals surface area contributed by atoms with Crippen LogP contribution in [-0.2, 0) is 11.3 Å². The quantitative estimate of drug-likeness (QED) is 0.532. The number of H-pyrrole nitrogens is 1. The number of aromatic amines is 1. The van der Waals surface area contributed by atoms with Crippen molar-refractivity contribution in [2.24, 2.45) is 0 Å². The Morgan fingerprint density at radius 1 is 1.20 bits per heavy atom. The average molecular weight is 473 g/mol. The molecule has 1 saturated heterocycles. The lowest BCUT2D eigenvalue weighted by Crippen LogP contribution is -2.36. The average Bonchev–Trinajstić information content (AvgIpc) is 2.83. The van der Waals surface area contributed by atoms with Crippen molar-refractivity contribution in [1.29, 1.82) is 0 Å². The predicted molar refractivity (Wildman–Crippen MR) is 117 cm³/mol. The molecule has 0 aliphatic carbocycles. The van der Waals surface area contributed by atoms with E-state index in [0.717, 1.165) is 41.8 Å². The van der Waals surface area contributed by atoms with Crippen LogP contribution in [0.15, 0.2) is 47.3 Å². The number of hydrogen-bond acceptors (Lipinski definition) is 6. The zero-order valence-corrected chi connectivity index (χ0v) is 17.8. The Hall–Kier alpha value is -2.62. The highest BCUT2D eigenvalue weighted by Crippen LogP contribution is 2.23. The molecule has 3 aromatic rings. The second kappa shape index (κ2) is 9.46. The maximum absolute atomic E-state index is 13.6. The summed E-state index contributed by atoms with van der Waals surface area (Å²) in [6.07, 6.45) is 7.14. The summed E-state index contributed by atoms with van der Waals surface area (Å²) in [5, 5.41) is 11.2. The van der Waals surface area contributed by atoms with Gasteiger partial charge in [0.05, 0.1) is 28.5 Å². The van der Waals surface area contributed by atoms with Crippen molar-refractivity contribution in [2.45, 2.75) is 25.4 Å². The van der Waals surface area contributed by atoms with E-state index in [9.17, 15) is 4.39 Å². The summed E-state index contributed by atoms with van der Waals surface area (Å²) in [7, 11) is 0. The van der Waals surface area contributed by atoms with Crippen LogP contribution in [0, 0.1) is 5.82 Å². The minimum Gasteiger partial charge on any atom is -0.383 e. The summed E-state index contributed by atoms with van der Waals surface area (Å²) >= 11 is 3.51. The van der Waals surface area contributed by atoms with Crippen molar-refractivity contribution < 1.29 is 9.13 Å². The lowest BCUT2D eigenvalue weighted by molar-refractivity contribution is 0.0698. The van der Waals surface area contributed by atoms with Crippen LogP contribution in [-0.4, -0.2) is 39.4 Å². The number of nitrogens with one attached hydrogen (secondary N) is 2. The molecule has 9 heteroatoms. The van der Waals surface area contributed by atoms with Crippen LogP contribution in [0.5, 0.6) is 0 Å². The third-order valence-corrected chi connectivity index (χ3v) is 5.82. The summed E-state index contributed by atoms with van der Waals surface area (Å²) in [5.74, 6) is 0.0549. The van der Waals surface area contributed by atoms with Crippen LogP contribution >= 0.6 is 15.9 Å². The number of aromatic nitrogens is 4. The predicted octanol–water partition coefficient (Wildman–Crippen LogP) is 3.90. The van der Waals surface area contributed by atoms with Gasteiger partial charge in [0.2, 0.25) is 0 Å². The highest BCUT2D eigenvalue weighted by Gasteiger charge is 2.14. The van der Waals surface area contributed by atoms with Gasteiger partial charge in [0.25, 0.3) is 0 Å². The van der Waals surface area contributed by atoms with Crippen LogP contribution in [0.2, 0.25) is 0 Å². The Labute approximate surface area is 181 Å². The van der Waals surface area contributed by atoms with Gasteiger partial charge in [-0.15, -0.1) is 0 Å². The van der Waals surface area contributed by atoms with Crippen molar-refractivity contribution in [3.8, 4) is 11.1 Å². The number of benzene rings is 1. The van der Waals surface area contributed by atoms with Gasteiger partial charge in [-0.3, -0.25) is 15.1 Å². The molecule has 7 nitrogen and oxygen atoms in total. The first kappa shape index (κ1) is 20.6. The lowest BCUT2D eigenvalue weighted by Gasteiger charge is -2.23. The zero-order chi connectivity index (χ0) is 20.9. The van der Waals surface area contributed by atoms with E-state index in [0.29, 0.717) is 28.8 Å². The number of nitrogen functional groups attached to an aromatic ring is 1. The maximum Gasteiger partial charge on any atom is 0.133 e. The number of fused-ring (bicyclic) bond motifs is 1. The minimum absolute atomic E-state index is 0.280. The van der Waals surface area contributed by atoms with E-state index < -0.39 is 0 Å². The van der Waals surface area contributed by atoms with Gasteiger partial charge in [-0.25, -0.2) is 4.39 Å². The molecule has 1 aromatic carbocycles. The third-order valence-electron chi connectivity index (χ3n) is 4.93. The molecule has 1 fully saturated rings. The Balaban J connectivity index is 1.69. The number of anilines is 1. The molecule has 2 aromatic heterocycles. The summed E-state index contributed by atoms with van der Waals surface area (Å²) in [6.45, 7) is 2.01. The normalized spacial score (nSPS) is 16.4. The van der Waals surface area contributed by atoms with Crippen molar-refractivity contribution in [3.05, 3.63) is 58.8 Å². The van der Waals surface area contributed by atoms with E-state index in [1.54, 1.807) is 24.7 Å². The number of pyridine rings is 1. The van der Waals surface area contributed by atoms with Gasteiger partial charge in [-0.1, -0.05) is 0 Å². The first-order valence-corrected chi connectivity index (χ1v) is 10.5. The summed E-state index contributed by atoms with van der Waals surface area (Å²) in [5.41, 5.74) is 9.02. The molecule has 0 radical (unpaired) electrons.